The molecule has 2 fully saturated rings. The van der Waals surface area contributed by atoms with Crippen LogP contribution in [-0.4, -0.2) is 55.4 Å². The summed E-state index contributed by atoms with van der Waals surface area (Å²) < 4.78 is 0. The van der Waals surface area contributed by atoms with E-state index >= 15 is 0 Å². The van der Waals surface area contributed by atoms with Crippen LogP contribution in [0.2, 0.25) is 0 Å². The summed E-state index contributed by atoms with van der Waals surface area (Å²) in [6.45, 7) is 1.81. The molecule has 2 saturated heterocycles. The maximum Gasteiger partial charge on any atom is 0.246 e. The zero-order chi connectivity index (χ0) is 20.6. The van der Waals surface area contributed by atoms with E-state index in [1.54, 1.807) is 13.2 Å². The summed E-state index contributed by atoms with van der Waals surface area (Å²) in [6.07, 6.45) is 4.02. The molecule has 0 N–H and O–H groups in total. The molecule has 28 heavy (non-hydrogen) atoms. The van der Waals surface area contributed by atoms with Crippen LogP contribution in [0.15, 0.2) is 11.6 Å². The zero-order valence-electron chi connectivity index (χ0n) is 15.6. The van der Waals surface area contributed by atoms with Crippen molar-refractivity contribution in [1.82, 2.24) is 14.8 Å². The molecule has 0 spiro atoms. The van der Waals surface area contributed by atoms with E-state index in [9.17, 15) is 9.59 Å². The molecule has 0 saturated carbocycles. The van der Waals surface area contributed by atoms with Gasteiger partial charge in [0.1, 0.15) is 20.7 Å². The summed E-state index contributed by atoms with van der Waals surface area (Å²) in [5.41, 5.74) is 0. The van der Waals surface area contributed by atoms with Crippen molar-refractivity contribution in [2.24, 2.45) is 11.8 Å². The number of hydrogen-bond acceptors (Lipinski definition) is 4. The van der Waals surface area contributed by atoms with Crippen molar-refractivity contribution in [3.63, 3.8) is 0 Å². The molecule has 3 rings (SSSR count). The number of piperidine rings is 1. The number of amides is 2. The molecule has 156 valence electrons. The number of aromatic nitrogens is 1. The Morgan fingerprint density at radius 1 is 1.36 bits per heavy atom. The molecular formula is C18H23Cl4N3O2S. The Morgan fingerprint density at radius 3 is 2.64 bits per heavy atom. The Bertz CT molecular complexity index is 703. The van der Waals surface area contributed by atoms with Crippen molar-refractivity contribution in [2.75, 3.05) is 7.05 Å². The Labute approximate surface area is 189 Å². The summed E-state index contributed by atoms with van der Waals surface area (Å²) in [4.78, 5) is 32.7. The van der Waals surface area contributed by atoms with Crippen LogP contribution in [0.4, 0.5) is 0 Å². The normalized spacial score (nSPS) is 28.7. The van der Waals surface area contributed by atoms with Crippen molar-refractivity contribution in [1.29, 1.82) is 0 Å². The van der Waals surface area contributed by atoms with Gasteiger partial charge in [-0.1, -0.05) is 6.92 Å². The molecule has 0 aliphatic carbocycles. The smallest absolute Gasteiger partial charge is 0.246 e. The Hall–Kier alpha value is -0.270. The molecule has 5 unspecified atom stereocenters. The van der Waals surface area contributed by atoms with Gasteiger partial charge in [0.2, 0.25) is 11.8 Å². The second-order valence-electron chi connectivity index (χ2n) is 7.55. The van der Waals surface area contributed by atoms with Gasteiger partial charge in [-0.05, 0) is 25.2 Å². The molecule has 5 nitrogen and oxygen atoms in total. The van der Waals surface area contributed by atoms with Gasteiger partial charge in [-0.3, -0.25) is 9.59 Å². The third kappa shape index (κ3) is 4.41. The van der Waals surface area contributed by atoms with Gasteiger partial charge in [0.15, 0.2) is 0 Å². The largest absolute Gasteiger partial charge is 0.334 e. The SMILES string of the molecule is CC(CC(=O)N(C)C1CC(C(Cl)Cl)C2CCC(c3nccs3)N2C1=O)C(Cl)Cl. The Morgan fingerprint density at radius 2 is 2.07 bits per heavy atom. The third-order valence-corrected chi connectivity index (χ3v) is 8.19. The van der Waals surface area contributed by atoms with Crippen molar-refractivity contribution in [3.05, 3.63) is 16.6 Å². The molecule has 2 aliphatic heterocycles. The maximum atomic E-state index is 13.4. The summed E-state index contributed by atoms with van der Waals surface area (Å²) in [6, 6.07) is -0.729. The molecule has 0 radical (unpaired) electrons. The molecule has 1 aromatic heterocycles. The Balaban J connectivity index is 1.84. The van der Waals surface area contributed by atoms with Crippen LogP contribution >= 0.6 is 57.7 Å². The van der Waals surface area contributed by atoms with Crippen molar-refractivity contribution >= 4 is 69.6 Å². The lowest BCUT2D eigenvalue weighted by Crippen LogP contribution is -2.59. The van der Waals surface area contributed by atoms with E-state index in [1.807, 2.05) is 17.2 Å². The molecule has 1 aromatic rings. The van der Waals surface area contributed by atoms with Crippen LogP contribution in [0, 0.1) is 11.8 Å². The number of thiazole rings is 1. The lowest BCUT2D eigenvalue weighted by Gasteiger charge is -2.45. The predicted octanol–water partition coefficient (Wildman–Crippen LogP) is 4.66. The van der Waals surface area contributed by atoms with E-state index in [1.165, 1.54) is 16.2 Å². The fraction of sp³-hybridized carbons (Fsp3) is 0.722. The second kappa shape index (κ2) is 9.25. The molecular weight excluding hydrogens is 464 g/mol. The highest BCUT2D eigenvalue weighted by Crippen LogP contribution is 2.46. The van der Waals surface area contributed by atoms with Crippen molar-refractivity contribution in [3.8, 4) is 0 Å². The standard InChI is InChI=1S/C18H23Cl4N3O2S/c1-9(15(19)20)7-14(26)24(2)13-8-10(16(21)22)11-3-4-12(25(11)18(13)27)17-23-5-6-28-17/h5-6,9-13,15-16H,3-4,7-8H2,1-2H3. The van der Waals surface area contributed by atoms with Gasteiger partial charge < -0.3 is 9.80 Å². The minimum Gasteiger partial charge on any atom is -0.334 e. The number of carbonyl (C=O) groups excluding carboxylic acids is 2. The number of likely N-dealkylation sites (N-methyl/N-ethyl adjacent to an activating group) is 1. The van der Waals surface area contributed by atoms with E-state index in [0.717, 1.165) is 17.8 Å². The average Bonchev–Trinajstić information content (AvgIpc) is 3.30. The molecule has 3 heterocycles. The van der Waals surface area contributed by atoms with Gasteiger partial charge in [0.25, 0.3) is 0 Å². The first-order valence-electron chi connectivity index (χ1n) is 9.25. The van der Waals surface area contributed by atoms with Gasteiger partial charge >= 0.3 is 0 Å². The lowest BCUT2D eigenvalue weighted by atomic mass is 9.86. The molecule has 0 aromatic carbocycles. The summed E-state index contributed by atoms with van der Waals surface area (Å²) >= 11 is 25.9. The summed E-state index contributed by atoms with van der Waals surface area (Å²) in [5.74, 6) is -0.536. The number of nitrogens with zero attached hydrogens (tertiary/aromatic N) is 3. The van der Waals surface area contributed by atoms with E-state index in [2.05, 4.69) is 4.98 Å². The average molecular weight is 487 g/mol. The van der Waals surface area contributed by atoms with Crippen LogP contribution in [0.5, 0.6) is 0 Å². The number of hydrogen-bond donors (Lipinski definition) is 0. The van der Waals surface area contributed by atoms with Gasteiger partial charge in [0.05, 0.1) is 6.04 Å². The van der Waals surface area contributed by atoms with Crippen LogP contribution < -0.4 is 0 Å². The molecule has 10 heteroatoms. The lowest BCUT2D eigenvalue weighted by molar-refractivity contribution is -0.152. The fourth-order valence-electron chi connectivity index (χ4n) is 4.18. The number of alkyl halides is 4. The van der Waals surface area contributed by atoms with E-state index in [0.29, 0.717) is 6.42 Å². The van der Waals surface area contributed by atoms with E-state index < -0.39 is 15.7 Å². The number of fused-ring (bicyclic) bond motifs is 1. The monoisotopic (exact) mass is 485 g/mol. The van der Waals surface area contributed by atoms with Crippen LogP contribution in [0.25, 0.3) is 0 Å². The van der Waals surface area contributed by atoms with Gasteiger partial charge in [0, 0.05) is 37.0 Å². The molecule has 0 bridgehead atoms. The third-order valence-electron chi connectivity index (χ3n) is 5.81. The topological polar surface area (TPSA) is 53.5 Å². The highest BCUT2D eigenvalue weighted by atomic mass is 35.5. The van der Waals surface area contributed by atoms with Gasteiger partial charge in [-0.25, -0.2) is 4.98 Å². The number of halogens is 4. The van der Waals surface area contributed by atoms with E-state index in [-0.39, 0.29) is 42.2 Å². The summed E-state index contributed by atoms with van der Waals surface area (Å²) in [5, 5.41) is 2.81. The number of carbonyl (C=O) groups is 2. The van der Waals surface area contributed by atoms with Crippen LogP contribution in [0.1, 0.15) is 43.7 Å². The maximum absolute atomic E-state index is 13.4. The van der Waals surface area contributed by atoms with Crippen LogP contribution in [0.3, 0.4) is 0 Å². The van der Waals surface area contributed by atoms with Gasteiger partial charge in [-0.15, -0.1) is 57.7 Å². The first-order valence-corrected chi connectivity index (χ1v) is 11.9. The second-order valence-corrected chi connectivity index (χ2v) is 10.8. The fourth-order valence-corrected chi connectivity index (χ4v) is 5.67. The first-order chi connectivity index (χ1) is 13.2. The molecule has 2 amide bonds. The number of rotatable bonds is 6. The van der Waals surface area contributed by atoms with Gasteiger partial charge in [-0.2, -0.15) is 0 Å². The molecule has 2 aliphatic rings. The van der Waals surface area contributed by atoms with Crippen LogP contribution in [-0.2, 0) is 9.59 Å². The highest BCUT2D eigenvalue weighted by molar-refractivity contribution is 7.09. The zero-order valence-corrected chi connectivity index (χ0v) is 19.4. The summed E-state index contributed by atoms with van der Waals surface area (Å²) in [7, 11) is 1.65. The van der Waals surface area contributed by atoms with Crippen molar-refractivity contribution in [2.45, 2.75) is 60.4 Å². The highest BCUT2D eigenvalue weighted by Gasteiger charge is 2.52. The predicted molar refractivity (Wildman–Crippen MR) is 114 cm³/mol. The van der Waals surface area contributed by atoms with Crippen molar-refractivity contribution < 1.29 is 9.59 Å². The minimum atomic E-state index is -0.639. The Kier molecular flexibility index (Phi) is 7.41. The van der Waals surface area contributed by atoms with E-state index in [4.69, 9.17) is 46.4 Å². The first kappa shape index (κ1) is 22.4. The minimum absolute atomic E-state index is 0.0323. The quantitative estimate of drug-likeness (QED) is 0.549. The molecule has 5 atom stereocenters.